The first-order valence-corrected chi connectivity index (χ1v) is 12.4. The number of amides is 2. The largest absolute Gasteiger partial charge is 0.468 e. The van der Waals surface area contributed by atoms with Gasteiger partial charge in [-0.25, -0.2) is 4.39 Å². The molecule has 180 valence electrons. The number of halogens is 1. The molecule has 2 aromatic rings. The topological polar surface area (TPSA) is 88.4 Å². The summed E-state index contributed by atoms with van der Waals surface area (Å²) in [4.78, 5) is 38.5. The van der Waals surface area contributed by atoms with Crippen LogP contribution in [0.1, 0.15) is 62.6 Å². The van der Waals surface area contributed by atoms with E-state index in [-0.39, 0.29) is 28.9 Å². The van der Waals surface area contributed by atoms with Crippen molar-refractivity contribution in [1.29, 1.82) is 0 Å². The summed E-state index contributed by atoms with van der Waals surface area (Å²) in [5, 5.41) is 5.61. The van der Waals surface area contributed by atoms with Gasteiger partial charge in [0.25, 0.3) is 5.91 Å². The zero-order valence-electron chi connectivity index (χ0n) is 19.4. The van der Waals surface area contributed by atoms with Crippen LogP contribution in [-0.4, -0.2) is 35.4 Å². The van der Waals surface area contributed by atoms with Gasteiger partial charge in [-0.15, -0.1) is 11.8 Å². The van der Waals surface area contributed by atoms with Crippen LogP contribution in [0.25, 0.3) is 0 Å². The van der Waals surface area contributed by atoms with E-state index < -0.39 is 23.8 Å². The number of hydrogen-bond donors (Lipinski definition) is 2. The molecule has 0 aliphatic carbocycles. The highest BCUT2D eigenvalue weighted by Crippen LogP contribution is 2.15. The van der Waals surface area contributed by atoms with Crippen molar-refractivity contribution < 1.29 is 23.2 Å². The molecule has 2 amide bonds. The second-order valence-corrected chi connectivity index (χ2v) is 9.39. The maximum atomic E-state index is 13.2. The molecule has 0 saturated carbocycles. The molecule has 1 heterocycles. The second kappa shape index (κ2) is 13.8. The normalized spacial score (nSPS) is 12.9. The van der Waals surface area contributed by atoms with Crippen molar-refractivity contribution in [2.24, 2.45) is 5.92 Å². The highest BCUT2D eigenvalue weighted by atomic mass is 32.2. The SMILES string of the molecule is CCCCC(NC(=O)C(CC(C)C)NC(=O)c1ccc(F)cc1)C(=O)CSCc1ccco1. The van der Waals surface area contributed by atoms with E-state index >= 15 is 0 Å². The molecule has 2 N–H and O–H groups in total. The van der Waals surface area contributed by atoms with Crippen LogP contribution in [0.3, 0.4) is 0 Å². The molecular formula is C25H33FN2O4S. The van der Waals surface area contributed by atoms with E-state index in [1.807, 2.05) is 26.8 Å². The smallest absolute Gasteiger partial charge is 0.251 e. The molecule has 0 aliphatic rings. The van der Waals surface area contributed by atoms with Crippen molar-refractivity contribution in [3.8, 4) is 0 Å². The number of benzene rings is 1. The summed E-state index contributed by atoms with van der Waals surface area (Å²) < 4.78 is 18.5. The molecule has 33 heavy (non-hydrogen) atoms. The fraction of sp³-hybridized carbons (Fsp3) is 0.480. The monoisotopic (exact) mass is 476 g/mol. The lowest BCUT2D eigenvalue weighted by atomic mass is 10.0. The van der Waals surface area contributed by atoms with Crippen LogP contribution >= 0.6 is 11.8 Å². The Balaban J connectivity index is 2.01. The lowest BCUT2D eigenvalue weighted by Crippen LogP contribution is -2.52. The molecule has 2 unspecified atom stereocenters. The predicted molar refractivity (Wildman–Crippen MR) is 128 cm³/mol. The number of rotatable bonds is 14. The summed E-state index contributed by atoms with van der Waals surface area (Å²) in [6.07, 6.45) is 4.26. The third-order valence-electron chi connectivity index (χ3n) is 5.06. The van der Waals surface area contributed by atoms with Crippen LogP contribution in [-0.2, 0) is 15.3 Å². The number of carbonyl (C=O) groups excluding carboxylic acids is 3. The van der Waals surface area contributed by atoms with Crippen LogP contribution in [0.2, 0.25) is 0 Å². The minimum Gasteiger partial charge on any atom is -0.468 e. The van der Waals surface area contributed by atoms with E-state index in [0.29, 0.717) is 18.6 Å². The average molecular weight is 477 g/mol. The first kappa shape index (κ1) is 26.6. The van der Waals surface area contributed by atoms with E-state index in [9.17, 15) is 18.8 Å². The van der Waals surface area contributed by atoms with E-state index in [2.05, 4.69) is 10.6 Å². The molecule has 0 saturated heterocycles. The number of Topliss-reactive ketones (excluding diaryl/α,β-unsaturated/α-hetero) is 1. The third-order valence-corrected chi connectivity index (χ3v) is 6.03. The summed E-state index contributed by atoms with van der Waals surface area (Å²) in [5.41, 5.74) is 0.269. The van der Waals surface area contributed by atoms with Crippen molar-refractivity contribution in [2.45, 2.75) is 64.3 Å². The number of furan rings is 1. The van der Waals surface area contributed by atoms with Crippen molar-refractivity contribution in [2.75, 3.05) is 5.75 Å². The quantitative estimate of drug-likeness (QED) is 0.411. The van der Waals surface area contributed by atoms with E-state index in [0.717, 1.165) is 18.6 Å². The molecule has 0 aliphatic heterocycles. The van der Waals surface area contributed by atoms with Crippen LogP contribution in [0.5, 0.6) is 0 Å². The van der Waals surface area contributed by atoms with Crippen molar-refractivity contribution in [3.05, 3.63) is 59.8 Å². The summed E-state index contributed by atoms with van der Waals surface area (Å²) in [5.74, 6) is 0.436. The maximum absolute atomic E-state index is 13.2. The van der Waals surface area contributed by atoms with Gasteiger partial charge in [0.15, 0.2) is 5.78 Å². The molecule has 0 fully saturated rings. The molecule has 0 radical (unpaired) electrons. The summed E-state index contributed by atoms with van der Waals surface area (Å²) in [6.45, 7) is 5.93. The minimum atomic E-state index is -0.796. The van der Waals surface area contributed by atoms with Crippen LogP contribution in [0.4, 0.5) is 4.39 Å². The van der Waals surface area contributed by atoms with Gasteiger partial charge in [0.2, 0.25) is 5.91 Å². The van der Waals surface area contributed by atoms with Gasteiger partial charge in [0, 0.05) is 5.56 Å². The second-order valence-electron chi connectivity index (χ2n) is 8.40. The number of ketones is 1. The van der Waals surface area contributed by atoms with Gasteiger partial charge in [-0.1, -0.05) is 33.6 Å². The molecule has 8 heteroatoms. The Kier molecular flexibility index (Phi) is 11.2. The molecule has 2 atom stereocenters. The molecule has 0 bridgehead atoms. The fourth-order valence-corrected chi connectivity index (χ4v) is 4.16. The van der Waals surface area contributed by atoms with Gasteiger partial charge >= 0.3 is 0 Å². The molecular weight excluding hydrogens is 443 g/mol. The van der Waals surface area contributed by atoms with Crippen LogP contribution in [0.15, 0.2) is 47.1 Å². The third kappa shape index (κ3) is 9.42. The first-order chi connectivity index (χ1) is 15.8. The number of nitrogens with one attached hydrogen (secondary N) is 2. The lowest BCUT2D eigenvalue weighted by molar-refractivity contribution is -0.128. The average Bonchev–Trinajstić information content (AvgIpc) is 3.29. The molecule has 1 aromatic heterocycles. The van der Waals surface area contributed by atoms with Gasteiger partial charge in [-0.2, -0.15) is 0 Å². The van der Waals surface area contributed by atoms with Crippen LogP contribution in [0, 0.1) is 11.7 Å². The Bertz CT molecular complexity index is 884. The van der Waals surface area contributed by atoms with Gasteiger partial charge in [0.05, 0.1) is 23.8 Å². The van der Waals surface area contributed by atoms with Crippen molar-refractivity contribution in [3.63, 3.8) is 0 Å². The Morgan fingerprint density at radius 3 is 2.39 bits per heavy atom. The summed E-state index contributed by atoms with van der Waals surface area (Å²) in [7, 11) is 0. The Morgan fingerprint density at radius 1 is 1.06 bits per heavy atom. The lowest BCUT2D eigenvalue weighted by Gasteiger charge is -2.24. The van der Waals surface area contributed by atoms with Crippen molar-refractivity contribution in [1.82, 2.24) is 10.6 Å². The van der Waals surface area contributed by atoms with Gasteiger partial charge in [0.1, 0.15) is 17.6 Å². The highest BCUT2D eigenvalue weighted by Gasteiger charge is 2.27. The van der Waals surface area contributed by atoms with Crippen LogP contribution < -0.4 is 10.6 Å². The predicted octanol–water partition coefficient (Wildman–Crippen LogP) is 4.74. The number of carbonyl (C=O) groups is 3. The van der Waals surface area contributed by atoms with Gasteiger partial charge < -0.3 is 15.1 Å². The number of thioether (sulfide) groups is 1. The Labute approximate surface area is 199 Å². The van der Waals surface area contributed by atoms with Gasteiger partial charge in [-0.05, 0) is 55.2 Å². The van der Waals surface area contributed by atoms with Gasteiger partial charge in [-0.3, -0.25) is 14.4 Å². The number of unbranched alkanes of at least 4 members (excludes halogenated alkanes) is 1. The first-order valence-electron chi connectivity index (χ1n) is 11.3. The molecule has 6 nitrogen and oxygen atoms in total. The summed E-state index contributed by atoms with van der Waals surface area (Å²) in [6, 6.07) is 7.40. The fourth-order valence-electron chi connectivity index (χ4n) is 3.29. The van der Waals surface area contributed by atoms with E-state index in [1.165, 1.54) is 36.0 Å². The minimum absolute atomic E-state index is 0.0542. The highest BCUT2D eigenvalue weighted by molar-refractivity contribution is 7.99. The zero-order valence-corrected chi connectivity index (χ0v) is 20.3. The molecule has 1 aromatic carbocycles. The maximum Gasteiger partial charge on any atom is 0.251 e. The number of hydrogen-bond acceptors (Lipinski definition) is 5. The van der Waals surface area contributed by atoms with E-state index in [1.54, 1.807) is 12.3 Å². The molecule has 2 rings (SSSR count). The Hall–Kier alpha value is -2.61. The standard InChI is InChI=1S/C25H33FN2O4S/c1-4-5-8-21(23(29)16-33-15-20-7-6-13-32-20)27-25(31)22(14-17(2)3)28-24(30)18-9-11-19(26)12-10-18/h6-7,9-13,17,21-22H,4-5,8,14-16H2,1-3H3,(H,27,31)(H,28,30). The molecule has 0 spiro atoms. The zero-order chi connectivity index (χ0) is 24.2. The summed E-state index contributed by atoms with van der Waals surface area (Å²) >= 11 is 1.44. The van der Waals surface area contributed by atoms with E-state index in [4.69, 9.17) is 4.42 Å². The Morgan fingerprint density at radius 2 is 1.79 bits per heavy atom. The van der Waals surface area contributed by atoms with Crippen molar-refractivity contribution >= 4 is 29.4 Å².